The third kappa shape index (κ3) is 2.41. The molecule has 0 radical (unpaired) electrons. The van der Waals surface area contributed by atoms with E-state index in [2.05, 4.69) is 73.7 Å². The minimum Gasteiger partial charge on any atom is -0.455 e. The van der Waals surface area contributed by atoms with Gasteiger partial charge in [-0.1, -0.05) is 31.7 Å². The van der Waals surface area contributed by atoms with Crippen LogP contribution in [0.5, 0.6) is 0 Å². The van der Waals surface area contributed by atoms with Gasteiger partial charge in [0.15, 0.2) is 6.20 Å². The SMILES string of the molecule is Cc1c2cc[n+](C)c2c(C)c2oc3cc(CC4CCCC4)cc4ccn(C)c(c12)c43. The van der Waals surface area contributed by atoms with E-state index >= 15 is 0 Å². The van der Waals surface area contributed by atoms with Gasteiger partial charge >= 0.3 is 0 Å². The third-order valence-electron chi connectivity index (χ3n) is 7.48. The first kappa shape index (κ1) is 18.0. The molecule has 1 fully saturated rings. The number of fused-ring (bicyclic) bond motifs is 3. The molecule has 6 rings (SSSR count). The largest absolute Gasteiger partial charge is 0.455 e. The van der Waals surface area contributed by atoms with Crippen LogP contribution in [0, 0.1) is 19.8 Å². The summed E-state index contributed by atoms with van der Waals surface area (Å²) in [5, 5.41) is 5.11. The van der Waals surface area contributed by atoms with Crippen LogP contribution in [0.1, 0.15) is 42.4 Å². The lowest BCUT2D eigenvalue weighted by Gasteiger charge is -2.17. The Hall–Kier alpha value is -2.81. The third-order valence-corrected chi connectivity index (χ3v) is 7.48. The van der Waals surface area contributed by atoms with E-state index in [1.165, 1.54) is 81.4 Å². The Labute approximate surface area is 176 Å². The van der Waals surface area contributed by atoms with Crippen LogP contribution in [0.2, 0.25) is 0 Å². The normalized spacial score (nSPS) is 15.5. The maximum atomic E-state index is 6.73. The Kier molecular flexibility index (Phi) is 3.80. The van der Waals surface area contributed by atoms with Gasteiger partial charge in [-0.2, -0.15) is 0 Å². The number of rotatable bonds is 2. The number of hydrogen-bond donors (Lipinski definition) is 0. The van der Waals surface area contributed by atoms with Crippen LogP contribution >= 0.6 is 0 Å². The molecule has 1 saturated carbocycles. The summed E-state index contributed by atoms with van der Waals surface area (Å²) in [6.45, 7) is 4.44. The summed E-state index contributed by atoms with van der Waals surface area (Å²) in [5.41, 5.74) is 8.54. The summed E-state index contributed by atoms with van der Waals surface area (Å²) in [6.07, 6.45) is 11.1. The molecule has 3 aromatic heterocycles. The molecule has 0 spiro atoms. The van der Waals surface area contributed by atoms with E-state index in [0.29, 0.717) is 0 Å². The second-order valence-electron chi connectivity index (χ2n) is 9.43. The van der Waals surface area contributed by atoms with Gasteiger partial charge in [-0.15, -0.1) is 0 Å². The standard InChI is InChI=1S/C27H29N2O/c1-16-21-10-12-28(3)25(21)17(2)27-23(16)26-24-20(9-11-29(26)4)14-19(15-22(24)30-27)13-18-7-5-6-8-18/h9-12,14-15,18H,5-8,13H2,1-4H3/q+1. The first-order chi connectivity index (χ1) is 14.5. The van der Waals surface area contributed by atoms with Gasteiger partial charge in [-0.3, -0.25) is 0 Å². The summed E-state index contributed by atoms with van der Waals surface area (Å²) in [5.74, 6) is 0.830. The molecule has 0 bridgehead atoms. The van der Waals surface area contributed by atoms with E-state index in [0.717, 1.165) is 17.1 Å². The zero-order chi connectivity index (χ0) is 20.6. The Morgan fingerprint density at radius 3 is 2.67 bits per heavy atom. The average molecular weight is 398 g/mol. The number of nitrogens with zero attached hydrogens (tertiary/aromatic N) is 2. The first-order valence-electron chi connectivity index (χ1n) is 11.2. The fraction of sp³-hybridized carbons (Fsp3) is 0.370. The highest BCUT2D eigenvalue weighted by Gasteiger charge is 2.23. The number of benzene rings is 2. The lowest BCUT2D eigenvalue weighted by atomic mass is 9.94. The summed E-state index contributed by atoms with van der Waals surface area (Å²) in [4.78, 5) is 0. The lowest BCUT2D eigenvalue weighted by molar-refractivity contribution is -0.642. The van der Waals surface area contributed by atoms with Gasteiger partial charge in [0.2, 0.25) is 5.52 Å². The molecule has 3 heterocycles. The van der Waals surface area contributed by atoms with Gasteiger partial charge in [0.05, 0.1) is 16.5 Å². The zero-order valence-electron chi connectivity index (χ0n) is 18.4. The Balaban J connectivity index is 1.75. The van der Waals surface area contributed by atoms with Crippen LogP contribution in [0.15, 0.2) is 41.1 Å². The van der Waals surface area contributed by atoms with Crippen molar-refractivity contribution in [3.05, 3.63) is 53.3 Å². The average Bonchev–Trinajstić information content (AvgIpc) is 3.38. The highest BCUT2D eigenvalue weighted by molar-refractivity contribution is 6.19. The van der Waals surface area contributed by atoms with E-state index in [9.17, 15) is 0 Å². The molecule has 0 atom stereocenters. The van der Waals surface area contributed by atoms with Gasteiger partial charge < -0.3 is 8.98 Å². The molecule has 0 amide bonds. The van der Waals surface area contributed by atoms with Crippen molar-refractivity contribution in [2.24, 2.45) is 20.0 Å². The van der Waals surface area contributed by atoms with Crippen LogP contribution < -0.4 is 4.57 Å². The Bertz CT molecular complexity index is 1460. The second kappa shape index (κ2) is 6.34. The molecule has 0 saturated heterocycles. The van der Waals surface area contributed by atoms with E-state index < -0.39 is 0 Å². The van der Waals surface area contributed by atoms with E-state index in [1.807, 2.05) is 0 Å². The molecule has 0 aliphatic heterocycles. The highest BCUT2D eigenvalue weighted by Crippen LogP contribution is 2.40. The quantitative estimate of drug-likeness (QED) is 0.192. The van der Waals surface area contributed by atoms with Crippen LogP contribution in [0.4, 0.5) is 0 Å². The smallest absolute Gasteiger partial charge is 0.219 e. The highest BCUT2D eigenvalue weighted by atomic mass is 16.3. The Morgan fingerprint density at radius 1 is 1.07 bits per heavy atom. The molecular formula is C27H29N2O+. The number of pyridine rings is 1. The number of hydrogen-bond acceptors (Lipinski definition) is 1. The van der Waals surface area contributed by atoms with Gasteiger partial charge in [-0.25, -0.2) is 4.57 Å². The van der Waals surface area contributed by atoms with Gasteiger partial charge in [0.1, 0.15) is 18.2 Å². The molecule has 5 aromatic rings. The number of aromatic nitrogens is 2. The maximum Gasteiger partial charge on any atom is 0.219 e. The second-order valence-corrected chi connectivity index (χ2v) is 9.43. The molecule has 1 aliphatic rings. The molecule has 2 aromatic carbocycles. The van der Waals surface area contributed by atoms with Crippen LogP contribution in [0.3, 0.4) is 0 Å². The molecule has 30 heavy (non-hydrogen) atoms. The van der Waals surface area contributed by atoms with Crippen molar-refractivity contribution in [3.63, 3.8) is 0 Å². The van der Waals surface area contributed by atoms with E-state index in [4.69, 9.17) is 4.42 Å². The van der Waals surface area contributed by atoms with Crippen LogP contribution in [-0.2, 0) is 20.5 Å². The summed E-state index contributed by atoms with van der Waals surface area (Å²) >= 11 is 0. The van der Waals surface area contributed by atoms with Gasteiger partial charge in [-0.05, 0) is 54.8 Å². The van der Waals surface area contributed by atoms with E-state index in [-0.39, 0.29) is 0 Å². The predicted octanol–water partition coefficient (Wildman–Crippen LogP) is 6.40. The van der Waals surface area contributed by atoms with Gasteiger partial charge in [0.25, 0.3) is 0 Å². The van der Waals surface area contributed by atoms with Gasteiger partial charge in [0, 0.05) is 30.1 Å². The summed E-state index contributed by atoms with van der Waals surface area (Å²) in [7, 11) is 4.28. The molecule has 152 valence electrons. The van der Waals surface area contributed by atoms with Crippen molar-refractivity contribution in [1.29, 1.82) is 0 Å². The van der Waals surface area contributed by atoms with Crippen LogP contribution in [0.25, 0.3) is 43.7 Å². The number of aryl methyl sites for hydroxylation is 4. The minimum atomic E-state index is 0.830. The Morgan fingerprint density at radius 2 is 1.87 bits per heavy atom. The molecule has 1 aliphatic carbocycles. The molecule has 0 unspecified atom stereocenters. The van der Waals surface area contributed by atoms with E-state index in [1.54, 1.807) is 0 Å². The fourth-order valence-electron chi connectivity index (χ4n) is 5.99. The summed E-state index contributed by atoms with van der Waals surface area (Å²) in [6, 6.07) is 9.20. The van der Waals surface area contributed by atoms with Crippen molar-refractivity contribution in [3.8, 4) is 0 Å². The van der Waals surface area contributed by atoms with Crippen molar-refractivity contribution >= 4 is 43.7 Å². The van der Waals surface area contributed by atoms with Crippen molar-refractivity contribution in [1.82, 2.24) is 4.57 Å². The fourth-order valence-corrected chi connectivity index (χ4v) is 5.99. The molecular weight excluding hydrogens is 368 g/mol. The topological polar surface area (TPSA) is 21.9 Å². The van der Waals surface area contributed by atoms with Crippen LogP contribution in [-0.4, -0.2) is 4.57 Å². The monoisotopic (exact) mass is 397 g/mol. The van der Waals surface area contributed by atoms with Crippen molar-refractivity contribution < 1.29 is 8.98 Å². The molecule has 0 N–H and O–H groups in total. The zero-order valence-corrected chi connectivity index (χ0v) is 18.4. The predicted molar refractivity (Wildman–Crippen MR) is 124 cm³/mol. The van der Waals surface area contributed by atoms with Crippen molar-refractivity contribution in [2.45, 2.75) is 46.0 Å². The van der Waals surface area contributed by atoms with Crippen molar-refractivity contribution in [2.75, 3.05) is 0 Å². The maximum absolute atomic E-state index is 6.73. The summed E-state index contributed by atoms with van der Waals surface area (Å²) < 4.78 is 11.2. The molecule has 3 heteroatoms. The lowest BCUT2D eigenvalue weighted by Crippen LogP contribution is -2.25. The minimum absolute atomic E-state index is 0.830. The first-order valence-corrected chi connectivity index (χ1v) is 11.2. The molecule has 3 nitrogen and oxygen atoms in total.